The zero-order valence-electron chi connectivity index (χ0n) is 13.2. The monoisotopic (exact) mass is 341 g/mol. The normalized spacial score (nSPS) is 11.4. The highest BCUT2D eigenvalue weighted by molar-refractivity contribution is 7.92. The molecule has 0 saturated heterocycles. The van der Waals surface area contributed by atoms with Gasteiger partial charge in [0, 0.05) is 18.8 Å². The van der Waals surface area contributed by atoms with Crippen molar-refractivity contribution in [3.63, 3.8) is 0 Å². The Labute approximate surface area is 134 Å². The van der Waals surface area contributed by atoms with Crippen LogP contribution in [0.3, 0.4) is 0 Å². The van der Waals surface area contributed by atoms with Gasteiger partial charge in [-0.3, -0.25) is 9.52 Å². The molecular formula is C13H19N5O4S. The van der Waals surface area contributed by atoms with Gasteiger partial charge in [-0.15, -0.1) is 0 Å². The molecule has 0 amide bonds. The number of carbonyl (C=O) groups excluding carboxylic acids is 1. The van der Waals surface area contributed by atoms with E-state index in [1.165, 1.54) is 23.3 Å². The number of nitrogens with zero attached hydrogens (tertiary/aromatic N) is 4. The molecule has 0 radical (unpaired) electrons. The maximum atomic E-state index is 12.4. The van der Waals surface area contributed by atoms with Gasteiger partial charge in [-0.25, -0.2) is 9.67 Å². The lowest BCUT2D eigenvalue weighted by molar-refractivity contribution is -0.144. The number of aromatic nitrogens is 4. The lowest BCUT2D eigenvalue weighted by Crippen LogP contribution is -2.20. The number of aryl methyl sites for hydroxylation is 2. The van der Waals surface area contributed by atoms with E-state index in [9.17, 15) is 13.2 Å². The van der Waals surface area contributed by atoms with Crippen LogP contribution in [-0.2, 0) is 32.6 Å². The van der Waals surface area contributed by atoms with E-state index in [-0.39, 0.29) is 24.0 Å². The summed E-state index contributed by atoms with van der Waals surface area (Å²) in [5.41, 5.74) is 0.575. The number of hydrogen-bond acceptors (Lipinski definition) is 6. The molecule has 0 aliphatic rings. The smallest absolute Gasteiger partial charge is 0.327 e. The van der Waals surface area contributed by atoms with Crippen molar-refractivity contribution in [1.82, 2.24) is 19.3 Å². The summed E-state index contributed by atoms with van der Waals surface area (Å²) in [6.45, 7) is 5.95. The molecule has 2 rings (SSSR count). The molecule has 0 aliphatic heterocycles. The van der Waals surface area contributed by atoms with Gasteiger partial charge in [-0.1, -0.05) is 0 Å². The molecule has 126 valence electrons. The van der Waals surface area contributed by atoms with Crippen molar-refractivity contribution in [3.05, 3.63) is 24.3 Å². The number of rotatable bonds is 7. The van der Waals surface area contributed by atoms with Crippen molar-refractivity contribution < 1.29 is 17.9 Å². The highest BCUT2D eigenvalue weighted by Crippen LogP contribution is 2.16. The van der Waals surface area contributed by atoms with Gasteiger partial charge in [0.25, 0.3) is 10.0 Å². The van der Waals surface area contributed by atoms with Gasteiger partial charge >= 0.3 is 5.97 Å². The van der Waals surface area contributed by atoms with Gasteiger partial charge in [-0.2, -0.15) is 13.5 Å². The number of esters is 1. The van der Waals surface area contributed by atoms with E-state index in [2.05, 4.69) is 14.8 Å². The number of imidazole rings is 1. The summed E-state index contributed by atoms with van der Waals surface area (Å²) in [5.74, 6) is -0.312. The molecule has 0 bridgehead atoms. The molecule has 10 heteroatoms. The van der Waals surface area contributed by atoms with E-state index in [0.29, 0.717) is 12.2 Å². The number of hydrogen-bond donors (Lipinski definition) is 1. The molecule has 0 aromatic carbocycles. The van der Waals surface area contributed by atoms with Crippen LogP contribution >= 0.6 is 0 Å². The highest BCUT2D eigenvalue weighted by Gasteiger charge is 2.21. The maximum absolute atomic E-state index is 12.4. The second-order valence-electron chi connectivity index (χ2n) is 4.78. The molecule has 23 heavy (non-hydrogen) atoms. The Bertz CT molecular complexity index is 793. The van der Waals surface area contributed by atoms with Gasteiger partial charge < -0.3 is 9.30 Å². The van der Waals surface area contributed by atoms with E-state index >= 15 is 0 Å². The molecule has 0 saturated carbocycles. The van der Waals surface area contributed by atoms with Crippen molar-refractivity contribution >= 4 is 21.8 Å². The molecule has 2 aromatic heterocycles. The first-order valence-electron chi connectivity index (χ1n) is 7.10. The Morgan fingerprint density at radius 3 is 2.74 bits per heavy atom. The fourth-order valence-corrected chi connectivity index (χ4v) is 2.92. The third kappa shape index (κ3) is 4.09. The molecule has 0 fully saturated rings. The Kier molecular flexibility index (Phi) is 5.04. The first-order chi connectivity index (χ1) is 10.9. The molecule has 2 heterocycles. The van der Waals surface area contributed by atoms with E-state index in [4.69, 9.17) is 4.74 Å². The maximum Gasteiger partial charge on any atom is 0.327 e. The minimum Gasteiger partial charge on any atom is -0.465 e. The Hall–Kier alpha value is -2.36. The lowest BCUT2D eigenvalue weighted by Gasteiger charge is -2.08. The second-order valence-corrected chi connectivity index (χ2v) is 6.41. The van der Waals surface area contributed by atoms with Gasteiger partial charge in [0.1, 0.15) is 12.4 Å². The number of carbonyl (C=O) groups is 1. The SMILES string of the molecule is CCOC(=O)Cn1nc(C)cc1NS(=O)(=O)c1cn(CC)cn1. The molecule has 9 nitrogen and oxygen atoms in total. The van der Waals surface area contributed by atoms with Gasteiger partial charge in [0.05, 0.1) is 18.6 Å². The molecule has 0 aliphatic carbocycles. The number of nitrogens with one attached hydrogen (secondary N) is 1. The average Bonchev–Trinajstić information content (AvgIpc) is 3.06. The topological polar surface area (TPSA) is 108 Å². The second kappa shape index (κ2) is 6.82. The van der Waals surface area contributed by atoms with Crippen molar-refractivity contribution in [2.24, 2.45) is 0 Å². The summed E-state index contributed by atoms with van der Waals surface area (Å²) in [5, 5.41) is 4.00. The summed E-state index contributed by atoms with van der Waals surface area (Å²) >= 11 is 0. The molecule has 0 atom stereocenters. The van der Waals surface area contributed by atoms with Crippen LogP contribution in [0.4, 0.5) is 5.82 Å². The summed E-state index contributed by atoms with van der Waals surface area (Å²) in [6, 6.07) is 1.54. The lowest BCUT2D eigenvalue weighted by atomic mass is 10.5. The fourth-order valence-electron chi connectivity index (χ4n) is 1.92. The number of sulfonamides is 1. The van der Waals surface area contributed by atoms with Crippen molar-refractivity contribution in [2.75, 3.05) is 11.3 Å². The minimum absolute atomic E-state index is 0.0964. The third-order valence-corrected chi connectivity index (χ3v) is 4.21. The first kappa shape index (κ1) is 17.0. The zero-order valence-corrected chi connectivity index (χ0v) is 14.0. The fraction of sp³-hybridized carbons (Fsp3) is 0.462. The molecule has 2 aromatic rings. The van der Waals surface area contributed by atoms with Gasteiger partial charge in [0.2, 0.25) is 0 Å². The summed E-state index contributed by atoms with van der Waals surface area (Å²) in [7, 11) is -3.85. The van der Waals surface area contributed by atoms with E-state index < -0.39 is 16.0 Å². The average molecular weight is 341 g/mol. The summed E-state index contributed by atoms with van der Waals surface area (Å²) < 4.78 is 34.9. The number of anilines is 1. The van der Waals surface area contributed by atoms with Gasteiger partial charge in [0.15, 0.2) is 5.03 Å². The zero-order chi connectivity index (χ0) is 17.0. The van der Waals surface area contributed by atoms with Crippen LogP contribution in [0.1, 0.15) is 19.5 Å². The standard InChI is InChI=1S/C13H19N5O4S/c1-4-17-7-12(14-9-17)23(20,21)16-11-6-10(3)15-18(11)8-13(19)22-5-2/h6-7,9,16H,4-5,8H2,1-3H3. The Balaban J connectivity index is 2.23. The highest BCUT2D eigenvalue weighted by atomic mass is 32.2. The van der Waals surface area contributed by atoms with Crippen molar-refractivity contribution in [3.8, 4) is 0 Å². The molecule has 0 unspecified atom stereocenters. The van der Waals surface area contributed by atoms with Crippen LogP contribution in [0, 0.1) is 6.92 Å². The van der Waals surface area contributed by atoms with Crippen LogP contribution < -0.4 is 4.72 Å². The molecular weight excluding hydrogens is 322 g/mol. The summed E-state index contributed by atoms with van der Waals surface area (Å²) in [4.78, 5) is 15.4. The van der Waals surface area contributed by atoms with Crippen molar-refractivity contribution in [2.45, 2.75) is 38.9 Å². The van der Waals surface area contributed by atoms with E-state index in [1.54, 1.807) is 18.4 Å². The summed E-state index contributed by atoms with van der Waals surface area (Å²) in [6.07, 6.45) is 2.87. The minimum atomic E-state index is -3.85. The predicted molar refractivity (Wildman–Crippen MR) is 82.3 cm³/mol. The van der Waals surface area contributed by atoms with Crippen LogP contribution in [0.5, 0.6) is 0 Å². The first-order valence-corrected chi connectivity index (χ1v) is 8.58. The quantitative estimate of drug-likeness (QED) is 0.745. The third-order valence-electron chi connectivity index (χ3n) is 2.98. The predicted octanol–water partition coefficient (Wildman–Crippen LogP) is 0.772. The van der Waals surface area contributed by atoms with Gasteiger partial charge in [-0.05, 0) is 20.8 Å². The van der Waals surface area contributed by atoms with E-state index in [0.717, 1.165) is 0 Å². The number of ether oxygens (including phenoxy) is 1. The van der Waals surface area contributed by atoms with Crippen molar-refractivity contribution in [1.29, 1.82) is 0 Å². The van der Waals surface area contributed by atoms with Crippen LogP contribution in [-0.4, -0.2) is 40.3 Å². The van der Waals surface area contributed by atoms with Crippen LogP contribution in [0.15, 0.2) is 23.6 Å². The Morgan fingerprint density at radius 2 is 2.13 bits per heavy atom. The largest absolute Gasteiger partial charge is 0.465 e. The van der Waals surface area contributed by atoms with Crippen LogP contribution in [0.2, 0.25) is 0 Å². The Morgan fingerprint density at radius 1 is 1.39 bits per heavy atom. The molecule has 1 N–H and O–H groups in total. The van der Waals surface area contributed by atoms with Crippen LogP contribution in [0.25, 0.3) is 0 Å². The molecule has 0 spiro atoms. The van der Waals surface area contributed by atoms with E-state index in [1.807, 2.05) is 6.92 Å².